The Morgan fingerprint density at radius 2 is 1.78 bits per heavy atom. The van der Waals surface area contributed by atoms with E-state index in [0.717, 1.165) is 22.0 Å². The van der Waals surface area contributed by atoms with E-state index in [1.807, 2.05) is 79.0 Å². The number of ether oxygens (including phenoxy) is 2. The Hall–Kier alpha value is -6.17. The molecule has 4 N–H and O–H groups in total. The zero-order valence-electron chi connectivity index (χ0n) is 24.5. The standard InChI is InChI=1S/C34H28N8O4/c43-30(13-21-15-35-27-6-2-1-5-24(21)27)36-14-20-9-11-22(12-10-20)42-32-25(31-26(33(42)44)18-39-41-31)17-38-34(40-32)37-16-23-19-45-28-7-3-4-8-29(28)46-23/h1-12,15,17-18,23,35H,13-14,16,19H2,(H,36,43)(H,39,41)(H,37,38,40). The summed E-state index contributed by atoms with van der Waals surface area (Å²) in [6, 6.07) is 22.9. The lowest BCUT2D eigenvalue weighted by Crippen LogP contribution is -2.35. The summed E-state index contributed by atoms with van der Waals surface area (Å²) in [5, 5.41) is 15.4. The molecule has 1 amide bonds. The Kier molecular flexibility index (Phi) is 6.78. The van der Waals surface area contributed by atoms with Gasteiger partial charge in [0.2, 0.25) is 11.9 Å². The highest BCUT2D eigenvalue weighted by Gasteiger charge is 2.22. The zero-order chi connectivity index (χ0) is 31.0. The fourth-order valence-corrected chi connectivity index (χ4v) is 5.76. The molecular weight excluding hydrogens is 584 g/mol. The summed E-state index contributed by atoms with van der Waals surface area (Å²) in [7, 11) is 0. The molecule has 0 fully saturated rings. The van der Waals surface area contributed by atoms with Gasteiger partial charge in [-0.25, -0.2) is 4.98 Å². The van der Waals surface area contributed by atoms with Crippen molar-refractivity contribution in [2.75, 3.05) is 18.5 Å². The number of nitrogens with one attached hydrogen (secondary N) is 4. The van der Waals surface area contributed by atoms with Crippen LogP contribution in [0.5, 0.6) is 11.5 Å². The van der Waals surface area contributed by atoms with Crippen molar-refractivity contribution in [3.8, 4) is 17.2 Å². The van der Waals surface area contributed by atoms with Gasteiger partial charge in [0.15, 0.2) is 17.1 Å². The number of rotatable bonds is 8. The monoisotopic (exact) mass is 612 g/mol. The van der Waals surface area contributed by atoms with E-state index in [4.69, 9.17) is 14.5 Å². The number of anilines is 1. The molecule has 5 heterocycles. The summed E-state index contributed by atoms with van der Waals surface area (Å²) < 4.78 is 13.4. The van der Waals surface area contributed by atoms with Crippen molar-refractivity contribution in [1.82, 2.24) is 35.0 Å². The molecule has 1 atom stereocenters. The third-order valence-corrected chi connectivity index (χ3v) is 8.07. The molecule has 0 radical (unpaired) electrons. The second kappa shape index (κ2) is 11.4. The summed E-state index contributed by atoms with van der Waals surface area (Å²) >= 11 is 0. The highest BCUT2D eigenvalue weighted by atomic mass is 16.6. The molecule has 228 valence electrons. The first-order valence-corrected chi connectivity index (χ1v) is 14.9. The first kappa shape index (κ1) is 27.4. The van der Waals surface area contributed by atoms with Gasteiger partial charge in [-0.1, -0.05) is 42.5 Å². The van der Waals surface area contributed by atoms with Gasteiger partial charge >= 0.3 is 0 Å². The molecule has 8 rings (SSSR count). The third kappa shape index (κ3) is 5.05. The van der Waals surface area contributed by atoms with Gasteiger partial charge in [-0.15, -0.1) is 0 Å². The molecule has 3 aromatic carbocycles. The highest BCUT2D eigenvalue weighted by Crippen LogP contribution is 2.31. The number of carbonyl (C=O) groups is 1. The average Bonchev–Trinajstić information content (AvgIpc) is 3.75. The van der Waals surface area contributed by atoms with Crippen molar-refractivity contribution in [3.05, 3.63) is 113 Å². The maximum atomic E-state index is 13.7. The first-order valence-electron chi connectivity index (χ1n) is 14.9. The van der Waals surface area contributed by atoms with Gasteiger partial charge in [0, 0.05) is 36.0 Å². The van der Waals surface area contributed by atoms with Crippen LogP contribution in [0.15, 0.2) is 96.2 Å². The average molecular weight is 613 g/mol. The normalized spacial score (nSPS) is 14.1. The van der Waals surface area contributed by atoms with E-state index >= 15 is 0 Å². The van der Waals surface area contributed by atoms with E-state index in [0.29, 0.717) is 64.8 Å². The van der Waals surface area contributed by atoms with Gasteiger partial charge in [0.1, 0.15) is 18.2 Å². The number of hydrogen-bond donors (Lipinski definition) is 4. The lowest BCUT2D eigenvalue weighted by Gasteiger charge is -2.26. The van der Waals surface area contributed by atoms with Crippen molar-refractivity contribution < 1.29 is 14.3 Å². The van der Waals surface area contributed by atoms with Crippen LogP contribution < -0.4 is 25.7 Å². The quantitative estimate of drug-likeness (QED) is 0.199. The van der Waals surface area contributed by atoms with Crippen LogP contribution in [0.1, 0.15) is 11.1 Å². The lowest BCUT2D eigenvalue weighted by molar-refractivity contribution is -0.120. The number of aromatic amines is 2. The van der Waals surface area contributed by atoms with Crippen LogP contribution in [0.4, 0.5) is 5.95 Å². The van der Waals surface area contributed by atoms with Gasteiger partial charge in [-0.05, 0) is 41.5 Å². The molecule has 4 aromatic heterocycles. The Morgan fingerprint density at radius 3 is 2.67 bits per heavy atom. The van der Waals surface area contributed by atoms with Crippen molar-refractivity contribution in [2.24, 2.45) is 0 Å². The minimum Gasteiger partial charge on any atom is -0.486 e. The minimum atomic E-state index is -0.263. The van der Waals surface area contributed by atoms with Crippen LogP contribution in [0.25, 0.3) is 38.5 Å². The van der Waals surface area contributed by atoms with Crippen molar-refractivity contribution >= 4 is 44.7 Å². The van der Waals surface area contributed by atoms with E-state index < -0.39 is 0 Å². The maximum Gasteiger partial charge on any atom is 0.267 e. The Balaban J connectivity index is 1.02. The molecule has 7 aromatic rings. The molecule has 0 saturated heterocycles. The molecule has 46 heavy (non-hydrogen) atoms. The predicted octanol–water partition coefficient (Wildman–Crippen LogP) is 4.25. The van der Waals surface area contributed by atoms with Crippen molar-refractivity contribution in [1.29, 1.82) is 0 Å². The van der Waals surface area contributed by atoms with E-state index in [1.54, 1.807) is 17.0 Å². The molecule has 0 bridgehead atoms. The van der Waals surface area contributed by atoms with Crippen molar-refractivity contribution in [2.45, 2.75) is 19.1 Å². The minimum absolute atomic E-state index is 0.0763. The Morgan fingerprint density at radius 1 is 0.957 bits per heavy atom. The van der Waals surface area contributed by atoms with Gasteiger partial charge in [0.05, 0.1) is 29.4 Å². The number of H-pyrrole nitrogens is 2. The Labute approximate surface area is 261 Å². The summed E-state index contributed by atoms with van der Waals surface area (Å²) in [4.78, 5) is 38.9. The van der Waals surface area contributed by atoms with Crippen LogP contribution in [0.2, 0.25) is 0 Å². The van der Waals surface area contributed by atoms with Crippen LogP contribution >= 0.6 is 0 Å². The maximum absolute atomic E-state index is 13.7. The summed E-state index contributed by atoms with van der Waals surface area (Å²) in [5.74, 6) is 1.67. The number of amides is 1. The van der Waals surface area contributed by atoms with Gasteiger partial charge in [-0.2, -0.15) is 10.1 Å². The number of nitrogens with zero attached hydrogens (tertiary/aromatic N) is 4. The predicted molar refractivity (Wildman–Crippen MR) is 173 cm³/mol. The number of fused-ring (bicyclic) bond motifs is 5. The molecule has 1 aliphatic rings. The fourth-order valence-electron chi connectivity index (χ4n) is 5.76. The topological polar surface area (TPSA) is 152 Å². The lowest BCUT2D eigenvalue weighted by atomic mass is 10.1. The SMILES string of the molecule is O=C(Cc1c[nH]c2ccccc12)NCc1ccc(-n2c(=O)c3c[nH]nc3c3cnc(NCC4COc5ccccc5O4)nc32)cc1. The molecule has 0 saturated carbocycles. The molecule has 0 spiro atoms. The van der Waals surface area contributed by atoms with Crippen molar-refractivity contribution in [3.63, 3.8) is 0 Å². The Bertz CT molecular complexity index is 2290. The highest BCUT2D eigenvalue weighted by molar-refractivity contribution is 6.02. The summed E-state index contributed by atoms with van der Waals surface area (Å²) in [5.41, 5.74) is 4.12. The van der Waals surface area contributed by atoms with Crippen LogP contribution in [0.3, 0.4) is 0 Å². The smallest absolute Gasteiger partial charge is 0.267 e. The van der Waals surface area contributed by atoms with Crippen LogP contribution in [-0.2, 0) is 17.8 Å². The number of benzene rings is 3. The van der Waals surface area contributed by atoms with Gasteiger partial charge in [0.25, 0.3) is 5.56 Å². The van der Waals surface area contributed by atoms with Gasteiger partial charge in [-0.3, -0.25) is 19.3 Å². The number of aromatic nitrogens is 6. The largest absolute Gasteiger partial charge is 0.486 e. The molecular formula is C34H28N8O4. The fraction of sp³-hybridized carbons (Fsp3) is 0.147. The first-order chi connectivity index (χ1) is 22.6. The second-order valence-electron chi connectivity index (χ2n) is 11.1. The molecule has 1 unspecified atom stereocenters. The van der Waals surface area contributed by atoms with E-state index in [2.05, 4.69) is 30.8 Å². The number of hydrogen-bond acceptors (Lipinski definition) is 8. The number of carbonyl (C=O) groups excluding carboxylic acids is 1. The summed E-state index contributed by atoms with van der Waals surface area (Å²) in [6.45, 7) is 1.13. The molecule has 1 aliphatic heterocycles. The molecule has 12 heteroatoms. The molecule has 0 aliphatic carbocycles. The third-order valence-electron chi connectivity index (χ3n) is 8.07. The molecule has 12 nitrogen and oxygen atoms in total. The van der Waals surface area contributed by atoms with Crippen LogP contribution in [0, 0.1) is 0 Å². The number of para-hydroxylation sites is 3. The number of pyridine rings is 1. The second-order valence-corrected chi connectivity index (χ2v) is 11.1. The van der Waals surface area contributed by atoms with E-state index in [1.165, 1.54) is 0 Å². The van der Waals surface area contributed by atoms with E-state index in [-0.39, 0.29) is 24.0 Å². The van der Waals surface area contributed by atoms with Crippen LogP contribution in [-0.4, -0.2) is 54.9 Å². The zero-order valence-corrected chi connectivity index (χ0v) is 24.5. The van der Waals surface area contributed by atoms with Gasteiger partial charge < -0.3 is 25.1 Å². The van der Waals surface area contributed by atoms with E-state index in [9.17, 15) is 9.59 Å². The summed E-state index contributed by atoms with van der Waals surface area (Å²) in [6.07, 6.45) is 5.14.